The molecule has 2 aromatic rings. The Morgan fingerprint density at radius 1 is 1.32 bits per heavy atom. The second-order valence-corrected chi connectivity index (χ2v) is 8.73. The first kappa shape index (κ1) is 20.7. The number of hydrogen-bond acceptors (Lipinski definition) is 4. The molecule has 1 aromatic heterocycles. The monoisotopic (exact) mass is 488 g/mol. The number of carbonyl (C=O) groups is 1. The van der Waals surface area contributed by atoms with E-state index in [9.17, 15) is 35.2 Å². The number of alkyl halides is 2. The number of nitrogens with zero attached hydrogens (tertiary/aromatic N) is 1. The van der Waals surface area contributed by atoms with Crippen molar-refractivity contribution in [3.63, 3.8) is 0 Å². The van der Waals surface area contributed by atoms with Crippen LogP contribution in [0.1, 0.15) is 19.7 Å². The molecule has 1 atom stereocenters. The molecule has 1 aliphatic heterocycles. The summed E-state index contributed by atoms with van der Waals surface area (Å²) in [4.78, 5) is 11.8. The number of aromatic nitrogens is 1. The average Bonchev–Trinajstić information content (AvgIpc) is 3.06. The zero-order valence-electron chi connectivity index (χ0n) is 17.4. The molecule has 0 spiro atoms. The number of nitrogens with one attached hydrogen (secondary N) is 3. The van der Waals surface area contributed by atoms with Gasteiger partial charge in [-0.25, -0.2) is 35.1 Å². The van der Waals surface area contributed by atoms with Crippen LogP contribution in [0.5, 0.6) is 0 Å². The molecule has 7 nitrogen and oxygen atoms in total. The fourth-order valence-corrected chi connectivity index (χ4v) is 4.85. The molecular weight excluding hydrogens is 471 g/mol. The maximum atomic E-state index is 14.1. The highest BCUT2D eigenvalue weighted by atomic mass is 35.5. The molecule has 0 radical (unpaired) electrons. The lowest BCUT2D eigenvalue weighted by molar-refractivity contribution is -0.0442. The summed E-state index contributed by atoms with van der Waals surface area (Å²) in [6, 6.07) is -0.905. The molecule has 1 saturated heterocycles. The summed E-state index contributed by atoms with van der Waals surface area (Å²) in [6.07, 6.45) is 0.383. The maximum absolute atomic E-state index is 14.1. The number of sulfonamides is 1. The van der Waals surface area contributed by atoms with Crippen molar-refractivity contribution in [3.8, 4) is 0 Å². The van der Waals surface area contributed by atoms with Crippen LogP contribution in [0.25, 0.3) is 0 Å². The molecule has 0 aliphatic carbocycles. The van der Waals surface area contributed by atoms with Crippen LogP contribution < -0.4 is 15.4 Å². The molecule has 0 saturated carbocycles. The van der Waals surface area contributed by atoms with Crippen LogP contribution in [0, 0.1) is 17.5 Å². The van der Waals surface area contributed by atoms with E-state index in [2.05, 4.69) is 5.32 Å². The Labute approximate surface area is 181 Å². The minimum atomic E-state index is -4.75. The summed E-state index contributed by atoms with van der Waals surface area (Å²) in [5.41, 5.74) is -1.34. The largest absolute Gasteiger partial charge is 0.344 e. The minimum absolute atomic E-state index is 0.109. The third-order valence-electron chi connectivity index (χ3n) is 4.46. The van der Waals surface area contributed by atoms with Crippen LogP contribution in [0.2, 0.25) is 5.02 Å². The molecule has 14 heteroatoms. The zero-order chi connectivity index (χ0) is 24.7. The van der Waals surface area contributed by atoms with Crippen molar-refractivity contribution in [2.75, 3.05) is 18.4 Å². The van der Waals surface area contributed by atoms with Crippen molar-refractivity contribution < 1.29 is 37.9 Å². The van der Waals surface area contributed by atoms with Crippen LogP contribution in [-0.2, 0) is 17.0 Å². The smallest absolute Gasteiger partial charge is 0.276 e. The normalized spacial score (nSPS) is 19.8. The van der Waals surface area contributed by atoms with Crippen molar-refractivity contribution in [3.05, 3.63) is 46.5 Å². The number of amides is 1. The third kappa shape index (κ3) is 4.68. The van der Waals surface area contributed by atoms with Gasteiger partial charge in [-0.15, -0.1) is 0 Å². The highest BCUT2D eigenvalue weighted by Gasteiger charge is 2.44. The molecule has 1 unspecified atom stereocenters. The molecule has 1 aliphatic rings. The van der Waals surface area contributed by atoms with Crippen LogP contribution in [0.15, 0.2) is 23.2 Å². The van der Waals surface area contributed by atoms with Gasteiger partial charge in [0.25, 0.3) is 11.8 Å². The van der Waals surface area contributed by atoms with E-state index in [1.54, 1.807) is 0 Å². The summed E-state index contributed by atoms with van der Waals surface area (Å²) in [5.74, 6) is -9.75. The molecule has 1 amide bonds. The van der Waals surface area contributed by atoms with Crippen molar-refractivity contribution in [2.24, 2.45) is 7.00 Å². The number of halogens is 6. The Kier molecular flexibility index (Phi) is 5.58. The SMILES string of the molecule is [2H]C([2H])n1cc(S(=O)(=O)NC2CCNCC2(F)F)c(Cl)c1C(=O)Nc1cc(F)c(F)c(F)c1. The molecule has 2 heterocycles. The van der Waals surface area contributed by atoms with Crippen LogP contribution in [0.3, 0.4) is 0 Å². The summed E-state index contributed by atoms with van der Waals surface area (Å²) in [5, 5.41) is 3.57. The predicted molar refractivity (Wildman–Crippen MR) is 101 cm³/mol. The summed E-state index contributed by atoms with van der Waals surface area (Å²) >= 11 is 6.02. The molecule has 170 valence electrons. The quantitative estimate of drug-likeness (QED) is 0.446. The fraction of sp³-hybridized carbons (Fsp3) is 0.353. The maximum Gasteiger partial charge on any atom is 0.276 e. The van der Waals surface area contributed by atoms with Crippen molar-refractivity contribution in [1.82, 2.24) is 14.6 Å². The average molecular weight is 489 g/mol. The fourth-order valence-electron chi connectivity index (χ4n) is 2.93. The van der Waals surface area contributed by atoms with Crippen molar-refractivity contribution >= 4 is 33.2 Å². The Morgan fingerprint density at radius 3 is 2.55 bits per heavy atom. The van der Waals surface area contributed by atoms with Gasteiger partial charge in [-0.3, -0.25) is 4.79 Å². The van der Waals surface area contributed by atoms with Crippen LogP contribution in [0.4, 0.5) is 27.6 Å². The number of benzene rings is 1. The summed E-state index contributed by atoms with van der Waals surface area (Å²) in [7, 11) is -4.75. The number of aryl methyl sites for hydroxylation is 1. The Bertz CT molecular complexity index is 1170. The van der Waals surface area contributed by atoms with E-state index >= 15 is 0 Å². The van der Waals surface area contributed by atoms with E-state index in [1.807, 2.05) is 10.0 Å². The number of piperidine rings is 1. The van der Waals surface area contributed by atoms with E-state index in [4.69, 9.17) is 14.3 Å². The first-order chi connectivity index (χ1) is 15.2. The molecule has 31 heavy (non-hydrogen) atoms. The number of rotatable bonds is 5. The van der Waals surface area contributed by atoms with Gasteiger partial charge >= 0.3 is 0 Å². The highest BCUT2D eigenvalue weighted by Crippen LogP contribution is 2.30. The first-order valence-electron chi connectivity index (χ1n) is 9.71. The molecule has 1 aromatic carbocycles. The molecule has 0 bridgehead atoms. The highest BCUT2D eigenvalue weighted by molar-refractivity contribution is 7.89. The van der Waals surface area contributed by atoms with Gasteiger partial charge in [-0.2, -0.15) is 0 Å². The second kappa shape index (κ2) is 8.37. The molecule has 1 fully saturated rings. The molecule has 3 rings (SSSR count). The van der Waals surface area contributed by atoms with Crippen molar-refractivity contribution in [1.29, 1.82) is 0 Å². The zero-order valence-corrected chi connectivity index (χ0v) is 16.9. The number of anilines is 1. The lowest BCUT2D eigenvalue weighted by Crippen LogP contribution is -2.57. The molecule has 3 N–H and O–H groups in total. The Morgan fingerprint density at radius 2 is 1.97 bits per heavy atom. The summed E-state index contributed by atoms with van der Waals surface area (Å²) < 4.78 is 111. The topological polar surface area (TPSA) is 92.2 Å². The van der Waals surface area contributed by atoms with E-state index in [1.165, 1.54) is 0 Å². The van der Waals surface area contributed by atoms with Gasteiger partial charge in [0.1, 0.15) is 10.6 Å². The van der Waals surface area contributed by atoms with Gasteiger partial charge < -0.3 is 15.2 Å². The van der Waals surface area contributed by atoms with Gasteiger partial charge in [0, 0.05) is 33.8 Å². The predicted octanol–water partition coefficient (Wildman–Crippen LogP) is 2.62. The van der Waals surface area contributed by atoms with E-state index in [0.29, 0.717) is 22.9 Å². The van der Waals surface area contributed by atoms with E-state index in [-0.39, 0.29) is 13.0 Å². The lowest BCUT2D eigenvalue weighted by Gasteiger charge is -2.32. The number of carbonyl (C=O) groups excluding carboxylic acids is 1. The van der Waals surface area contributed by atoms with E-state index in [0.717, 1.165) is 0 Å². The number of hydrogen-bond donors (Lipinski definition) is 3. The van der Waals surface area contributed by atoms with Gasteiger partial charge in [0.2, 0.25) is 10.0 Å². The summed E-state index contributed by atoms with van der Waals surface area (Å²) in [6.45, 7) is -2.68. The van der Waals surface area contributed by atoms with Gasteiger partial charge in [-0.05, 0) is 13.0 Å². The van der Waals surface area contributed by atoms with Gasteiger partial charge in [-0.1, -0.05) is 11.6 Å². The van der Waals surface area contributed by atoms with Crippen LogP contribution in [-0.4, -0.2) is 43.9 Å². The standard InChI is InChI=1S/C17H16ClF5N4O3S/c1-27-6-11(31(29,30)26-12-2-3-24-7-17(12,22)23)13(18)15(27)16(28)25-8-4-9(19)14(21)10(20)5-8/h4-6,12,24,26H,2-3,7H2,1H3,(H,25,28)/i1D2. The van der Waals surface area contributed by atoms with Gasteiger partial charge in [0.15, 0.2) is 17.5 Å². The third-order valence-corrected chi connectivity index (χ3v) is 6.44. The lowest BCUT2D eigenvalue weighted by atomic mass is 10.0. The first-order valence-corrected chi connectivity index (χ1v) is 10.4. The minimum Gasteiger partial charge on any atom is -0.344 e. The van der Waals surface area contributed by atoms with E-state index < -0.39 is 80.2 Å². The molecular formula is C17H16ClF5N4O3S. The van der Waals surface area contributed by atoms with Crippen molar-refractivity contribution in [2.45, 2.75) is 23.3 Å². The van der Waals surface area contributed by atoms with Gasteiger partial charge in [0.05, 0.1) is 17.6 Å². The Balaban J connectivity index is 1.97. The second-order valence-electron chi connectivity index (χ2n) is 6.67. The Hall–Kier alpha value is -2.22. The van der Waals surface area contributed by atoms with Crippen LogP contribution >= 0.6 is 11.6 Å².